The molecule has 1 atom stereocenters. The lowest BCUT2D eigenvalue weighted by Crippen LogP contribution is -2.47. The van der Waals surface area contributed by atoms with Gasteiger partial charge in [-0.05, 0) is 45.0 Å². The zero-order chi connectivity index (χ0) is 27.6. The molecule has 0 bridgehead atoms. The van der Waals surface area contributed by atoms with Gasteiger partial charge in [-0.15, -0.1) is 0 Å². The molecule has 0 aromatic carbocycles. The van der Waals surface area contributed by atoms with Gasteiger partial charge in [0.05, 0.1) is 35.3 Å². The Kier molecular flexibility index (Phi) is 7.23. The summed E-state index contributed by atoms with van der Waals surface area (Å²) in [6.45, 7) is 4.38. The van der Waals surface area contributed by atoms with Gasteiger partial charge in [0.1, 0.15) is 29.7 Å². The van der Waals surface area contributed by atoms with Gasteiger partial charge in [0, 0.05) is 6.20 Å². The molecule has 4 heterocycles. The first-order valence-electron chi connectivity index (χ1n) is 11.3. The highest BCUT2D eigenvalue weighted by Gasteiger charge is 2.36. The number of alkyl halides is 3. The van der Waals surface area contributed by atoms with Crippen LogP contribution >= 0.6 is 0 Å². The molecule has 38 heavy (non-hydrogen) atoms. The van der Waals surface area contributed by atoms with Crippen LogP contribution in [0.2, 0.25) is 0 Å². The molecule has 0 aliphatic carbocycles. The van der Waals surface area contributed by atoms with Crippen molar-refractivity contribution in [1.82, 2.24) is 25.4 Å². The predicted molar refractivity (Wildman–Crippen MR) is 123 cm³/mol. The molecule has 0 unspecified atom stereocenters. The zero-order valence-electron chi connectivity index (χ0n) is 20.4. The molecule has 2 amide bonds. The van der Waals surface area contributed by atoms with Gasteiger partial charge in [-0.25, -0.2) is 24.0 Å². The van der Waals surface area contributed by atoms with Crippen LogP contribution in [0.4, 0.5) is 18.0 Å². The number of aromatic nitrogens is 3. The van der Waals surface area contributed by atoms with Crippen molar-refractivity contribution in [3.8, 4) is 5.82 Å². The molecule has 4 rings (SSSR count). The van der Waals surface area contributed by atoms with Gasteiger partial charge in [0.2, 0.25) is 0 Å². The normalized spacial score (nSPS) is 15.6. The Labute approximate surface area is 213 Å². The third-order valence-corrected chi connectivity index (χ3v) is 5.56. The fraction of sp³-hybridized carbons (Fsp3) is 0.292. The molecule has 0 fully saturated rings. The number of amides is 2. The third-order valence-electron chi connectivity index (χ3n) is 5.56. The van der Waals surface area contributed by atoms with Crippen molar-refractivity contribution < 1.29 is 41.4 Å². The van der Waals surface area contributed by atoms with Crippen molar-refractivity contribution in [2.24, 2.45) is 0 Å². The Bertz CT molecular complexity index is 1410. The monoisotopic (exact) mass is 533 g/mol. The topological polar surface area (TPSA) is 138 Å². The maximum Gasteiger partial charge on any atom is 0.417 e. The number of pyridine rings is 1. The number of carbonyl (C=O) groups excluding carboxylic acids is 3. The molecule has 14 heteroatoms. The van der Waals surface area contributed by atoms with E-state index in [1.54, 1.807) is 26.0 Å². The number of nitrogens with one attached hydrogen (secondary N) is 2. The van der Waals surface area contributed by atoms with E-state index in [-0.39, 0.29) is 40.7 Å². The average molecular weight is 533 g/mol. The van der Waals surface area contributed by atoms with Crippen LogP contribution in [0.15, 0.2) is 52.3 Å². The maximum absolute atomic E-state index is 12.8. The van der Waals surface area contributed by atoms with Gasteiger partial charge in [-0.3, -0.25) is 0 Å². The maximum atomic E-state index is 12.8. The van der Waals surface area contributed by atoms with Crippen LogP contribution in [0.25, 0.3) is 5.82 Å². The highest BCUT2D eigenvalue weighted by atomic mass is 19.4. The van der Waals surface area contributed by atoms with Crippen LogP contribution in [0, 0.1) is 13.8 Å². The van der Waals surface area contributed by atoms with Crippen LogP contribution in [-0.2, 0) is 20.4 Å². The summed E-state index contributed by atoms with van der Waals surface area (Å²) in [7, 11) is 0. The van der Waals surface area contributed by atoms with Crippen molar-refractivity contribution >= 4 is 18.0 Å². The molecule has 0 saturated heterocycles. The largest absolute Gasteiger partial charge is 0.464 e. The standard InChI is InChI=1S/C24H22F3N5O6/c1-4-36-22(34)19-16(30-23(35)31-20(19)17-7-5-12(2)38-17)11-37-21(33)15-10-29-32(13(15)3)18-8-6-14(9-28-18)24(25,26)27/h5-10,20H,4,11H2,1-3H3,(H2,30,31,35)/t20-/m0/s1. The molecule has 0 spiro atoms. The fourth-order valence-corrected chi connectivity index (χ4v) is 3.74. The first-order valence-corrected chi connectivity index (χ1v) is 11.3. The zero-order valence-corrected chi connectivity index (χ0v) is 20.4. The molecule has 0 saturated carbocycles. The summed E-state index contributed by atoms with van der Waals surface area (Å²) in [5.41, 5.74) is -0.684. The highest BCUT2D eigenvalue weighted by Crippen LogP contribution is 2.30. The van der Waals surface area contributed by atoms with E-state index in [1.165, 1.54) is 17.8 Å². The molecular weight excluding hydrogens is 511 g/mol. The van der Waals surface area contributed by atoms with E-state index in [0.29, 0.717) is 12.0 Å². The first kappa shape index (κ1) is 26.4. The minimum absolute atomic E-state index is 0.00320. The van der Waals surface area contributed by atoms with Crippen LogP contribution < -0.4 is 10.6 Å². The number of halogens is 3. The van der Waals surface area contributed by atoms with Gasteiger partial charge >= 0.3 is 24.1 Å². The van der Waals surface area contributed by atoms with Crippen LogP contribution in [0.1, 0.15) is 46.1 Å². The number of carbonyl (C=O) groups is 3. The molecule has 200 valence electrons. The van der Waals surface area contributed by atoms with Crippen molar-refractivity contribution in [2.75, 3.05) is 13.2 Å². The van der Waals surface area contributed by atoms with Gasteiger partial charge in [0.15, 0.2) is 5.82 Å². The van der Waals surface area contributed by atoms with Gasteiger partial charge < -0.3 is 24.5 Å². The Morgan fingerprint density at radius 2 is 1.87 bits per heavy atom. The third kappa shape index (κ3) is 5.38. The van der Waals surface area contributed by atoms with E-state index in [4.69, 9.17) is 13.9 Å². The second kappa shape index (κ2) is 10.4. The summed E-state index contributed by atoms with van der Waals surface area (Å²) in [5.74, 6) is -0.703. The first-order chi connectivity index (χ1) is 18.0. The van der Waals surface area contributed by atoms with Crippen LogP contribution in [-0.4, -0.2) is 45.9 Å². The van der Waals surface area contributed by atoms with E-state index in [2.05, 4.69) is 20.7 Å². The smallest absolute Gasteiger partial charge is 0.417 e. The number of esters is 2. The number of aryl methyl sites for hydroxylation is 1. The van der Waals surface area contributed by atoms with E-state index in [1.807, 2.05) is 0 Å². The minimum Gasteiger partial charge on any atom is -0.464 e. The Morgan fingerprint density at radius 1 is 1.11 bits per heavy atom. The van der Waals surface area contributed by atoms with E-state index >= 15 is 0 Å². The highest BCUT2D eigenvalue weighted by molar-refractivity contribution is 5.95. The van der Waals surface area contributed by atoms with Gasteiger partial charge in [-0.2, -0.15) is 18.3 Å². The molecule has 1 aliphatic rings. The average Bonchev–Trinajstić information content (AvgIpc) is 3.47. The molecule has 3 aromatic rings. The molecule has 0 radical (unpaired) electrons. The summed E-state index contributed by atoms with van der Waals surface area (Å²) in [4.78, 5) is 41.7. The van der Waals surface area contributed by atoms with Crippen molar-refractivity contribution in [1.29, 1.82) is 0 Å². The van der Waals surface area contributed by atoms with Gasteiger partial charge in [-0.1, -0.05) is 0 Å². The number of hydrogen-bond donors (Lipinski definition) is 2. The lowest BCUT2D eigenvalue weighted by molar-refractivity contribution is -0.139. The summed E-state index contributed by atoms with van der Waals surface area (Å²) >= 11 is 0. The summed E-state index contributed by atoms with van der Waals surface area (Å²) in [5, 5.41) is 9.09. The Hall–Kier alpha value is -4.62. The van der Waals surface area contributed by atoms with Crippen molar-refractivity contribution in [3.05, 3.63) is 76.3 Å². The number of urea groups is 1. The SMILES string of the molecule is CCOC(=O)C1=C(COC(=O)c2cnn(-c3ccc(C(F)(F)F)cn3)c2C)NC(=O)N[C@H]1c1ccc(C)o1. The molecule has 1 aliphatic heterocycles. The fourth-order valence-electron chi connectivity index (χ4n) is 3.74. The molecule has 11 nitrogen and oxygen atoms in total. The number of furan rings is 1. The predicted octanol–water partition coefficient (Wildman–Crippen LogP) is 3.52. The Balaban J connectivity index is 1.57. The lowest BCUT2D eigenvalue weighted by Gasteiger charge is -2.27. The van der Waals surface area contributed by atoms with E-state index in [0.717, 1.165) is 12.1 Å². The molecular formula is C24H22F3N5O6. The quantitative estimate of drug-likeness (QED) is 0.440. The van der Waals surface area contributed by atoms with Crippen molar-refractivity contribution in [2.45, 2.75) is 33.0 Å². The van der Waals surface area contributed by atoms with Gasteiger partial charge in [0.25, 0.3) is 0 Å². The number of hydrogen-bond acceptors (Lipinski definition) is 8. The lowest BCUT2D eigenvalue weighted by atomic mass is 10.0. The Morgan fingerprint density at radius 3 is 2.47 bits per heavy atom. The van der Waals surface area contributed by atoms with E-state index < -0.39 is 42.4 Å². The van der Waals surface area contributed by atoms with Crippen LogP contribution in [0.5, 0.6) is 0 Å². The summed E-state index contributed by atoms with van der Waals surface area (Å²) in [6, 6.07) is 3.59. The summed E-state index contributed by atoms with van der Waals surface area (Å²) in [6.07, 6.45) is -2.71. The van der Waals surface area contributed by atoms with Crippen molar-refractivity contribution in [3.63, 3.8) is 0 Å². The number of ether oxygens (including phenoxy) is 2. The second-order valence-electron chi connectivity index (χ2n) is 8.13. The van der Waals surface area contributed by atoms with E-state index in [9.17, 15) is 27.6 Å². The second-order valence-corrected chi connectivity index (χ2v) is 8.13. The number of rotatable bonds is 7. The minimum atomic E-state index is -4.55. The summed E-state index contributed by atoms with van der Waals surface area (Å²) < 4.78 is 55.7. The molecule has 2 N–H and O–H groups in total. The van der Waals surface area contributed by atoms with Crippen LogP contribution in [0.3, 0.4) is 0 Å². The number of nitrogens with zero attached hydrogens (tertiary/aromatic N) is 3. The molecule has 3 aromatic heterocycles.